The first-order valence-electron chi connectivity index (χ1n) is 12.0. The average molecular weight is 472 g/mol. The van der Waals surface area contributed by atoms with E-state index in [1.807, 2.05) is 48.5 Å². The van der Waals surface area contributed by atoms with Crippen molar-refractivity contribution in [2.75, 3.05) is 0 Å². The summed E-state index contributed by atoms with van der Waals surface area (Å²) < 4.78 is 7.18. The Morgan fingerprint density at radius 1 is 1.11 bits per heavy atom. The van der Waals surface area contributed by atoms with Gasteiger partial charge in [-0.05, 0) is 68.0 Å². The summed E-state index contributed by atoms with van der Waals surface area (Å²) in [5.74, 6) is -0.651. The smallest absolute Gasteiger partial charge is 0.344 e. The summed E-state index contributed by atoms with van der Waals surface area (Å²) in [6, 6.07) is 19.3. The van der Waals surface area contributed by atoms with E-state index in [-0.39, 0.29) is 17.7 Å². The number of hydrogen-bond donors (Lipinski definition) is 1. The number of pyridine rings is 1. The van der Waals surface area contributed by atoms with E-state index in [1.54, 1.807) is 31.4 Å². The zero-order chi connectivity index (χ0) is 25.6. The largest absolute Gasteiger partial charge is 0.456 e. The van der Waals surface area contributed by atoms with E-state index in [9.17, 15) is 14.9 Å². The maximum atomic E-state index is 13.6. The van der Waals surface area contributed by atoms with E-state index in [1.165, 1.54) is 0 Å². The van der Waals surface area contributed by atoms with Gasteiger partial charge in [-0.3, -0.25) is 4.79 Å². The SMILES string of the molecule is CCCCc1cc(CN)c(C(=O)OC(C)(C)C)c(=O)n1Cc1ccc(-c2ccccc2C#N)cc1. The molecule has 3 rings (SSSR count). The standard InChI is InChI=1S/C29H33N3O3/c1-5-6-10-24-16-23(18-31)26(28(34)35-29(2,3)4)27(33)32(24)19-20-12-14-21(15-13-20)25-11-8-7-9-22(25)17-30/h7-9,11-16H,5-6,10,18-19,31H2,1-4H3. The topological polar surface area (TPSA) is 98.1 Å². The summed E-state index contributed by atoms with van der Waals surface area (Å²) in [5.41, 5.74) is 9.51. The lowest BCUT2D eigenvalue weighted by atomic mass is 9.99. The highest BCUT2D eigenvalue weighted by Gasteiger charge is 2.25. The molecule has 2 N–H and O–H groups in total. The fourth-order valence-electron chi connectivity index (χ4n) is 4.01. The zero-order valence-electron chi connectivity index (χ0n) is 20.9. The van der Waals surface area contributed by atoms with Crippen molar-refractivity contribution >= 4 is 5.97 Å². The molecule has 0 fully saturated rings. The van der Waals surface area contributed by atoms with Crippen LogP contribution in [0.25, 0.3) is 11.1 Å². The molecule has 35 heavy (non-hydrogen) atoms. The Kier molecular flexibility index (Phi) is 8.26. The lowest BCUT2D eigenvalue weighted by Crippen LogP contribution is -2.35. The first kappa shape index (κ1) is 25.9. The van der Waals surface area contributed by atoms with Gasteiger partial charge in [-0.15, -0.1) is 0 Å². The minimum absolute atomic E-state index is 0.00208. The predicted molar refractivity (Wildman–Crippen MR) is 138 cm³/mol. The van der Waals surface area contributed by atoms with Crippen LogP contribution in [0.4, 0.5) is 0 Å². The van der Waals surface area contributed by atoms with Gasteiger partial charge in [0.1, 0.15) is 11.2 Å². The molecule has 0 spiro atoms. The third-order valence-electron chi connectivity index (χ3n) is 5.73. The number of rotatable bonds is 8. The van der Waals surface area contributed by atoms with Gasteiger partial charge >= 0.3 is 5.97 Å². The Morgan fingerprint density at radius 3 is 2.40 bits per heavy atom. The maximum Gasteiger partial charge on any atom is 0.344 e. The summed E-state index contributed by atoms with van der Waals surface area (Å²) in [5, 5.41) is 9.41. The van der Waals surface area contributed by atoms with Crippen LogP contribution in [-0.4, -0.2) is 16.1 Å². The van der Waals surface area contributed by atoms with E-state index in [0.29, 0.717) is 24.1 Å². The molecular weight excluding hydrogens is 438 g/mol. The molecule has 0 unspecified atom stereocenters. The normalized spacial score (nSPS) is 11.2. The van der Waals surface area contributed by atoms with Crippen LogP contribution in [-0.2, 0) is 24.2 Å². The highest BCUT2D eigenvalue weighted by atomic mass is 16.6. The molecule has 1 heterocycles. The first-order valence-corrected chi connectivity index (χ1v) is 12.0. The summed E-state index contributed by atoms with van der Waals surface area (Å²) in [4.78, 5) is 26.5. The highest BCUT2D eigenvalue weighted by Crippen LogP contribution is 2.24. The quantitative estimate of drug-likeness (QED) is 0.456. The lowest BCUT2D eigenvalue weighted by molar-refractivity contribution is 0.00655. The van der Waals surface area contributed by atoms with Crippen molar-refractivity contribution < 1.29 is 9.53 Å². The number of nitrogens with zero attached hydrogens (tertiary/aromatic N) is 2. The van der Waals surface area contributed by atoms with Crippen molar-refractivity contribution in [2.24, 2.45) is 5.73 Å². The van der Waals surface area contributed by atoms with Gasteiger partial charge in [0.05, 0.1) is 18.2 Å². The third kappa shape index (κ3) is 6.26. The van der Waals surface area contributed by atoms with Crippen LogP contribution < -0.4 is 11.3 Å². The Morgan fingerprint density at radius 2 is 1.80 bits per heavy atom. The Bertz CT molecular complexity index is 1290. The molecule has 0 aliphatic heterocycles. The molecule has 0 amide bonds. The van der Waals surface area contributed by atoms with E-state index in [2.05, 4.69) is 13.0 Å². The van der Waals surface area contributed by atoms with Crippen LogP contribution in [0.2, 0.25) is 0 Å². The third-order valence-corrected chi connectivity index (χ3v) is 5.73. The highest BCUT2D eigenvalue weighted by molar-refractivity contribution is 5.91. The van der Waals surface area contributed by atoms with Gasteiger partial charge in [-0.2, -0.15) is 5.26 Å². The molecule has 6 heteroatoms. The number of hydrogen-bond acceptors (Lipinski definition) is 5. The number of aryl methyl sites for hydroxylation is 1. The van der Waals surface area contributed by atoms with Crippen LogP contribution >= 0.6 is 0 Å². The molecule has 0 saturated heterocycles. The summed E-state index contributed by atoms with van der Waals surface area (Å²) in [6.45, 7) is 7.81. The van der Waals surface area contributed by atoms with Crippen molar-refractivity contribution in [3.05, 3.63) is 92.9 Å². The second kappa shape index (κ2) is 11.2. The Hall–Kier alpha value is -3.69. The number of carbonyl (C=O) groups is 1. The number of ether oxygens (including phenoxy) is 1. The number of nitriles is 1. The maximum absolute atomic E-state index is 13.6. The fourth-order valence-corrected chi connectivity index (χ4v) is 4.01. The summed E-state index contributed by atoms with van der Waals surface area (Å²) in [6.07, 6.45) is 2.60. The summed E-state index contributed by atoms with van der Waals surface area (Å²) in [7, 11) is 0. The van der Waals surface area contributed by atoms with Gasteiger partial charge in [-0.1, -0.05) is 55.8 Å². The monoisotopic (exact) mass is 471 g/mol. The molecule has 2 aromatic carbocycles. The van der Waals surface area contributed by atoms with Crippen molar-refractivity contribution in [3.63, 3.8) is 0 Å². The van der Waals surface area contributed by atoms with Gasteiger partial charge in [0.2, 0.25) is 0 Å². The van der Waals surface area contributed by atoms with E-state index >= 15 is 0 Å². The molecule has 0 aliphatic carbocycles. The molecule has 1 aromatic heterocycles. The second-order valence-corrected chi connectivity index (χ2v) is 9.59. The minimum Gasteiger partial charge on any atom is -0.456 e. The van der Waals surface area contributed by atoms with Crippen molar-refractivity contribution in [3.8, 4) is 17.2 Å². The molecule has 0 radical (unpaired) electrons. The van der Waals surface area contributed by atoms with Crippen LogP contribution in [0, 0.1) is 11.3 Å². The molecule has 0 aliphatic rings. The lowest BCUT2D eigenvalue weighted by Gasteiger charge is -2.22. The van der Waals surface area contributed by atoms with Gasteiger partial charge in [0.15, 0.2) is 0 Å². The molecular formula is C29H33N3O3. The fraction of sp³-hybridized carbons (Fsp3) is 0.345. The summed E-state index contributed by atoms with van der Waals surface area (Å²) >= 11 is 0. The van der Waals surface area contributed by atoms with Crippen molar-refractivity contribution in [1.29, 1.82) is 5.26 Å². The van der Waals surface area contributed by atoms with Crippen molar-refractivity contribution in [1.82, 2.24) is 4.57 Å². The van der Waals surface area contributed by atoms with Gasteiger partial charge in [-0.25, -0.2) is 4.79 Å². The van der Waals surface area contributed by atoms with Gasteiger partial charge < -0.3 is 15.0 Å². The van der Waals surface area contributed by atoms with Crippen molar-refractivity contribution in [2.45, 2.75) is 65.6 Å². The van der Waals surface area contributed by atoms with Crippen LogP contribution in [0.5, 0.6) is 0 Å². The van der Waals surface area contributed by atoms with E-state index in [0.717, 1.165) is 35.2 Å². The van der Waals surface area contributed by atoms with Crippen LogP contribution in [0.15, 0.2) is 59.4 Å². The molecule has 3 aromatic rings. The molecule has 0 bridgehead atoms. The molecule has 6 nitrogen and oxygen atoms in total. The number of nitrogens with two attached hydrogens (primary N) is 1. The number of esters is 1. The average Bonchev–Trinajstić information content (AvgIpc) is 2.83. The molecule has 182 valence electrons. The van der Waals surface area contributed by atoms with Crippen LogP contribution in [0.1, 0.15) is 73.3 Å². The molecule has 0 atom stereocenters. The second-order valence-electron chi connectivity index (χ2n) is 9.59. The molecule has 0 saturated carbocycles. The predicted octanol–water partition coefficient (Wildman–Crippen LogP) is 5.19. The number of aromatic nitrogens is 1. The number of unbranched alkanes of at least 4 members (excludes halogenated alkanes) is 1. The Balaban J connectivity index is 2.04. The van der Waals surface area contributed by atoms with Gasteiger partial charge in [0.25, 0.3) is 5.56 Å². The Labute approximate surface area is 207 Å². The minimum atomic E-state index is -0.726. The zero-order valence-corrected chi connectivity index (χ0v) is 20.9. The number of benzene rings is 2. The first-order chi connectivity index (χ1) is 16.7. The number of carbonyl (C=O) groups excluding carboxylic acids is 1. The van der Waals surface area contributed by atoms with Gasteiger partial charge in [0, 0.05) is 12.2 Å². The van der Waals surface area contributed by atoms with E-state index in [4.69, 9.17) is 10.5 Å². The van der Waals surface area contributed by atoms with Crippen LogP contribution in [0.3, 0.4) is 0 Å². The van der Waals surface area contributed by atoms with E-state index < -0.39 is 11.6 Å².